The number of aryl methyl sites for hydroxylation is 4. The van der Waals surface area contributed by atoms with Gasteiger partial charge in [-0.25, -0.2) is 0 Å². The molecule has 0 aliphatic heterocycles. The minimum absolute atomic E-state index is 0.256. The highest BCUT2D eigenvalue weighted by atomic mass is 79.9. The number of rotatable bonds is 10. The number of hydrogen-bond donors (Lipinski definition) is 1. The third kappa shape index (κ3) is 10.2. The van der Waals surface area contributed by atoms with Crippen LogP contribution in [0.5, 0.6) is 28.7 Å². The molecular weight excluding hydrogens is 1240 g/mol. The SMILES string of the molecule is Brc1ccc2c(c1)C(c1ccc(Cc3ccc4c(c3)CC4)cc1)(c1ccc(Oc3ccccc3)cc1)c1ccccc1-2.Brc1ccc2c(c1)CC2.Oc1ccc(C2(c3ccc(Oc4ccccc4)cc3)c3ccccc3-c3ccc(Br)cc32)cc1. The van der Waals surface area contributed by atoms with Crippen molar-refractivity contribution in [3.05, 3.63) is 370 Å². The van der Waals surface area contributed by atoms with Crippen molar-refractivity contribution in [1.29, 1.82) is 0 Å². The summed E-state index contributed by atoms with van der Waals surface area (Å²) in [4.78, 5) is 0. The third-order valence-electron chi connectivity index (χ3n) is 17.4. The molecule has 2 unspecified atom stereocenters. The molecule has 85 heavy (non-hydrogen) atoms. The van der Waals surface area contributed by atoms with Gasteiger partial charge in [-0.1, -0.05) is 230 Å². The van der Waals surface area contributed by atoms with Crippen LogP contribution >= 0.6 is 47.8 Å². The molecule has 6 heteroatoms. The van der Waals surface area contributed by atoms with Gasteiger partial charge < -0.3 is 14.6 Å². The minimum atomic E-state index is -0.519. The number of ether oxygens (including phenoxy) is 2. The van der Waals surface area contributed by atoms with Crippen molar-refractivity contribution in [3.8, 4) is 51.0 Å². The Morgan fingerprint density at radius 1 is 0.294 bits per heavy atom. The molecule has 0 radical (unpaired) electrons. The van der Waals surface area contributed by atoms with Crippen LogP contribution in [0.3, 0.4) is 0 Å². The van der Waals surface area contributed by atoms with Gasteiger partial charge in [0.2, 0.25) is 0 Å². The monoisotopic (exact) mass is 1290 g/mol. The number of benzene rings is 12. The van der Waals surface area contributed by atoms with Crippen molar-refractivity contribution in [2.24, 2.45) is 0 Å². The highest BCUT2D eigenvalue weighted by Crippen LogP contribution is 2.58. The number of phenolic OH excluding ortho intramolecular Hbond substituents is 1. The fourth-order valence-electron chi connectivity index (χ4n) is 13.2. The summed E-state index contributed by atoms with van der Waals surface area (Å²) < 4.78 is 15.6. The number of aromatic hydroxyl groups is 1. The lowest BCUT2D eigenvalue weighted by Crippen LogP contribution is -2.28. The summed E-state index contributed by atoms with van der Waals surface area (Å²) in [5.41, 5.74) is 22.6. The fraction of sp³-hybridized carbons (Fsp3) is 0.0886. The molecule has 12 aromatic rings. The lowest BCUT2D eigenvalue weighted by atomic mass is 9.67. The third-order valence-corrected chi connectivity index (χ3v) is 18.9. The second kappa shape index (κ2) is 23.2. The van der Waals surface area contributed by atoms with Crippen LogP contribution in [-0.2, 0) is 42.9 Å². The van der Waals surface area contributed by atoms with Crippen LogP contribution < -0.4 is 9.47 Å². The Kier molecular flexibility index (Phi) is 14.8. The first-order valence-electron chi connectivity index (χ1n) is 28.9. The quantitative estimate of drug-likeness (QED) is 0.148. The second-order valence-corrected chi connectivity index (χ2v) is 25.0. The van der Waals surface area contributed by atoms with E-state index in [4.69, 9.17) is 9.47 Å². The summed E-state index contributed by atoms with van der Waals surface area (Å²) in [6.07, 6.45) is 5.95. The van der Waals surface area contributed by atoms with Gasteiger partial charge >= 0.3 is 0 Å². The van der Waals surface area contributed by atoms with Crippen molar-refractivity contribution in [1.82, 2.24) is 0 Å². The highest BCUT2D eigenvalue weighted by Gasteiger charge is 2.47. The van der Waals surface area contributed by atoms with Gasteiger partial charge in [-0.3, -0.25) is 0 Å². The number of para-hydroxylation sites is 2. The van der Waals surface area contributed by atoms with E-state index in [1.54, 1.807) is 12.1 Å². The fourth-order valence-corrected chi connectivity index (χ4v) is 14.3. The Morgan fingerprint density at radius 3 is 1.08 bits per heavy atom. The summed E-state index contributed by atoms with van der Waals surface area (Å²) in [6, 6.07) is 97.9. The normalized spacial score (nSPS) is 15.9. The van der Waals surface area contributed by atoms with Crippen molar-refractivity contribution >= 4 is 47.8 Å². The summed E-state index contributed by atoms with van der Waals surface area (Å²) in [5.74, 6) is 3.52. The lowest BCUT2D eigenvalue weighted by Gasteiger charge is -2.34. The molecule has 4 aliphatic rings. The molecule has 0 aromatic heterocycles. The molecule has 3 nitrogen and oxygen atoms in total. The van der Waals surface area contributed by atoms with Crippen LogP contribution in [0.25, 0.3) is 22.3 Å². The van der Waals surface area contributed by atoms with Crippen LogP contribution in [0.1, 0.15) is 77.9 Å². The van der Waals surface area contributed by atoms with Gasteiger partial charge in [-0.2, -0.15) is 0 Å². The predicted molar refractivity (Wildman–Crippen MR) is 356 cm³/mol. The van der Waals surface area contributed by atoms with E-state index in [1.165, 1.54) is 119 Å². The minimum Gasteiger partial charge on any atom is -0.508 e. The average molecular weight is 1290 g/mol. The number of phenols is 1. The predicted octanol–water partition coefficient (Wildman–Crippen LogP) is 21.2. The molecule has 12 aromatic carbocycles. The first-order valence-corrected chi connectivity index (χ1v) is 31.3. The smallest absolute Gasteiger partial charge is 0.127 e. The van der Waals surface area contributed by atoms with Crippen LogP contribution in [0.2, 0.25) is 0 Å². The Balaban J connectivity index is 0.000000133. The Morgan fingerprint density at radius 2 is 0.647 bits per heavy atom. The molecule has 16 rings (SSSR count). The summed E-state index contributed by atoms with van der Waals surface area (Å²) in [6.45, 7) is 0. The molecule has 0 amide bonds. The van der Waals surface area contributed by atoms with Gasteiger partial charge in [0.25, 0.3) is 0 Å². The molecule has 0 heterocycles. The average Bonchev–Trinajstić information content (AvgIpc) is 1.62. The summed E-state index contributed by atoms with van der Waals surface area (Å²) >= 11 is 10.9. The van der Waals surface area contributed by atoms with Gasteiger partial charge in [-0.15, -0.1) is 0 Å². The molecule has 0 fully saturated rings. The molecular formula is C79H57Br3O3. The zero-order chi connectivity index (χ0) is 57.5. The van der Waals surface area contributed by atoms with Crippen molar-refractivity contribution in [2.75, 3.05) is 0 Å². The maximum absolute atomic E-state index is 10.0. The molecule has 0 saturated heterocycles. The van der Waals surface area contributed by atoms with E-state index in [2.05, 4.69) is 230 Å². The second-order valence-electron chi connectivity index (χ2n) is 22.3. The van der Waals surface area contributed by atoms with E-state index < -0.39 is 10.8 Å². The van der Waals surface area contributed by atoms with E-state index >= 15 is 0 Å². The van der Waals surface area contributed by atoms with E-state index in [0.717, 1.165) is 49.5 Å². The Hall–Kier alpha value is -8.52. The van der Waals surface area contributed by atoms with Gasteiger partial charge in [0.1, 0.15) is 28.7 Å². The van der Waals surface area contributed by atoms with E-state index in [-0.39, 0.29) is 5.75 Å². The maximum atomic E-state index is 10.0. The highest BCUT2D eigenvalue weighted by molar-refractivity contribution is 9.11. The first kappa shape index (κ1) is 54.4. The molecule has 0 spiro atoms. The van der Waals surface area contributed by atoms with Crippen molar-refractivity contribution in [3.63, 3.8) is 0 Å². The van der Waals surface area contributed by atoms with Crippen LogP contribution in [0.4, 0.5) is 0 Å². The molecule has 412 valence electrons. The molecule has 1 N–H and O–H groups in total. The summed E-state index contributed by atoms with van der Waals surface area (Å²) in [5, 5.41) is 10.0. The van der Waals surface area contributed by atoms with Crippen LogP contribution in [0.15, 0.2) is 292 Å². The standard InChI is InChI=1S/C40H29BrO.C31H21BrO2.C8H7Br/c41-33-20-23-37-36-8-4-5-9-38(36)40(39(37)26-33,32-18-21-35(22-19-32)42-34-6-2-1-3-7-34)31-16-11-27(12-17-31)24-28-10-13-29-14-15-30(29)25-28;32-23-14-19-28-27-8-4-5-9-29(27)31(30(28)20-23,21-10-15-24(33)16-11-21)22-12-17-26(18-13-22)34-25-6-2-1-3-7-25;9-8-4-3-6-1-2-7(6)5-8/h1-13,16-23,25-26H,14-15,24H2;1-20,33H;3-5H,1-2H2. The van der Waals surface area contributed by atoms with E-state index in [0.29, 0.717) is 0 Å². The van der Waals surface area contributed by atoms with Gasteiger partial charge in [-0.05, 0) is 229 Å². The van der Waals surface area contributed by atoms with Crippen molar-refractivity contribution < 1.29 is 14.6 Å². The topological polar surface area (TPSA) is 38.7 Å². The molecule has 0 saturated carbocycles. The largest absolute Gasteiger partial charge is 0.508 e. The van der Waals surface area contributed by atoms with Gasteiger partial charge in [0.05, 0.1) is 10.8 Å². The number of halogens is 3. The first-order chi connectivity index (χ1) is 41.7. The number of hydrogen-bond acceptors (Lipinski definition) is 3. The summed E-state index contributed by atoms with van der Waals surface area (Å²) in [7, 11) is 0. The zero-order valence-corrected chi connectivity index (χ0v) is 51.2. The maximum Gasteiger partial charge on any atom is 0.127 e. The van der Waals surface area contributed by atoms with E-state index in [1.807, 2.05) is 84.9 Å². The lowest BCUT2D eigenvalue weighted by molar-refractivity contribution is 0.475. The Labute approximate surface area is 522 Å². The van der Waals surface area contributed by atoms with Gasteiger partial charge in [0.15, 0.2) is 0 Å². The van der Waals surface area contributed by atoms with Crippen LogP contribution in [-0.4, -0.2) is 5.11 Å². The number of fused-ring (bicyclic) bond motifs is 8. The zero-order valence-electron chi connectivity index (χ0n) is 46.5. The molecule has 4 aliphatic carbocycles. The van der Waals surface area contributed by atoms with Crippen LogP contribution in [0, 0.1) is 0 Å². The van der Waals surface area contributed by atoms with Crippen molar-refractivity contribution in [2.45, 2.75) is 42.9 Å². The molecule has 0 bridgehead atoms. The van der Waals surface area contributed by atoms with E-state index in [9.17, 15) is 5.11 Å². The Bertz CT molecular complexity index is 4410. The van der Waals surface area contributed by atoms with Gasteiger partial charge in [0, 0.05) is 13.4 Å². The molecule has 2 atom stereocenters.